The van der Waals surface area contributed by atoms with E-state index in [0.717, 1.165) is 13.1 Å². The highest BCUT2D eigenvalue weighted by Crippen LogP contribution is 2.25. The molecular weight excluding hydrogens is 320 g/mol. The number of nitrogens with one attached hydrogen (secondary N) is 1. The fraction of sp³-hybridized carbons (Fsp3) is 0.308. The quantitative estimate of drug-likeness (QED) is 0.855. The predicted molar refractivity (Wildman–Crippen MR) is 71.2 cm³/mol. The van der Waals surface area contributed by atoms with Gasteiger partial charge in [0.2, 0.25) is 5.82 Å². The third-order valence-corrected chi connectivity index (χ3v) is 2.99. The Morgan fingerprint density at radius 3 is 2.61 bits per heavy atom. The Morgan fingerprint density at radius 1 is 1.35 bits per heavy atom. The lowest BCUT2D eigenvalue weighted by Gasteiger charge is -2.05. The van der Waals surface area contributed by atoms with Crippen molar-refractivity contribution in [1.29, 1.82) is 0 Å². The minimum atomic E-state index is -4.75. The van der Waals surface area contributed by atoms with Crippen molar-refractivity contribution in [1.82, 2.24) is 19.7 Å². The molecule has 0 atom stereocenters. The molecule has 0 bridgehead atoms. The molecule has 1 aromatic carbocycles. The van der Waals surface area contributed by atoms with Crippen LogP contribution in [0.1, 0.15) is 16.2 Å². The molecular formula is C13H12F4N4O2. The van der Waals surface area contributed by atoms with Crippen LogP contribution in [0.2, 0.25) is 0 Å². The predicted octanol–water partition coefficient (Wildman–Crippen LogP) is 1.17. The lowest BCUT2D eigenvalue weighted by molar-refractivity contribution is -0.147. The third-order valence-electron chi connectivity index (χ3n) is 2.99. The second-order valence-corrected chi connectivity index (χ2v) is 4.65. The molecule has 0 radical (unpaired) electrons. The van der Waals surface area contributed by atoms with E-state index in [0.29, 0.717) is 9.25 Å². The molecule has 2 rings (SSSR count). The van der Waals surface area contributed by atoms with E-state index < -0.39 is 29.4 Å². The van der Waals surface area contributed by atoms with Gasteiger partial charge in [-0.15, -0.1) is 5.10 Å². The van der Waals surface area contributed by atoms with Crippen molar-refractivity contribution in [3.8, 4) is 0 Å². The summed E-state index contributed by atoms with van der Waals surface area (Å²) in [6.45, 7) is -0.382. The summed E-state index contributed by atoms with van der Waals surface area (Å²) in [6.07, 6.45) is -4.75. The van der Waals surface area contributed by atoms with E-state index in [1.807, 2.05) is 0 Å². The summed E-state index contributed by atoms with van der Waals surface area (Å²) in [4.78, 5) is 23.4. The molecule has 0 saturated carbocycles. The van der Waals surface area contributed by atoms with E-state index in [1.54, 1.807) is 0 Å². The van der Waals surface area contributed by atoms with Crippen LogP contribution in [-0.4, -0.2) is 26.8 Å². The Kier molecular flexibility index (Phi) is 4.52. The number of alkyl halides is 3. The van der Waals surface area contributed by atoms with Crippen molar-refractivity contribution in [2.24, 2.45) is 7.05 Å². The van der Waals surface area contributed by atoms with Crippen LogP contribution in [0.15, 0.2) is 29.1 Å². The van der Waals surface area contributed by atoms with Gasteiger partial charge in [-0.1, -0.05) is 6.07 Å². The lowest BCUT2D eigenvalue weighted by Crippen LogP contribution is -2.31. The van der Waals surface area contributed by atoms with Gasteiger partial charge in [0.15, 0.2) is 0 Å². The summed E-state index contributed by atoms with van der Waals surface area (Å²) in [6, 6.07) is 4.92. The Balaban J connectivity index is 2.02. The summed E-state index contributed by atoms with van der Waals surface area (Å²) >= 11 is 0. The van der Waals surface area contributed by atoms with Crippen molar-refractivity contribution < 1.29 is 22.4 Å². The largest absolute Gasteiger partial charge is 0.451 e. The normalized spacial score (nSPS) is 11.5. The van der Waals surface area contributed by atoms with E-state index >= 15 is 0 Å². The van der Waals surface area contributed by atoms with E-state index in [-0.39, 0.29) is 18.7 Å². The van der Waals surface area contributed by atoms with Crippen LogP contribution in [0, 0.1) is 5.82 Å². The maximum atomic E-state index is 13.0. The van der Waals surface area contributed by atoms with Crippen LogP contribution >= 0.6 is 0 Å². The number of hydrogen-bond donors (Lipinski definition) is 1. The summed E-state index contributed by atoms with van der Waals surface area (Å²) < 4.78 is 51.8. The maximum Gasteiger partial charge on any atom is 0.451 e. The molecule has 0 unspecified atom stereocenters. The summed E-state index contributed by atoms with van der Waals surface area (Å²) in [5, 5.41) is 5.57. The standard InChI is InChI=1S/C13H12F4N4O2/c1-20-11(13(15,16)17)19-21(12(20)23)6-5-18-10(22)8-3-2-4-9(14)7-8/h2-4,7H,5-6H2,1H3,(H,18,22). The highest BCUT2D eigenvalue weighted by molar-refractivity contribution is 5.94. The Bertz CT molecular complexity index is 779. The van der Waals surface area contributed by atoms with Crippen LogP contribution < -0.4 is 11.0 Å². The van der Waals surface area contributed by atoms with Crippen LogP contribution in [0.3, 0.4) is 0 Å². The van der Waals surface area contributed by atoms with E-state index in [1.165, 1.54) is 18.2 Å². The number of halogens is 4. The number of hydrogen-bond acceptors (Lipinski definition) is 3. The fourth-order valence-electron chi connectivity index (χ4n) is 1.89. The summed E-state index contributed by atoms with van der Waals surface area (Å²) in [5.74, 6) is -2.52. The topological polar surface area (TPSA) is 68.9 Å². The first-order valence-electron chi connectivity index (χ1n) is 6.45. The molecule has 0 aliphatic heterocycles. The number of aromatic nitrogens is 3. The molecule has 0 fully saturated rings. The molecule has 10 heteroatoms. The number of benzene rings is 1. The minimum absolute atomic E-state index is 0.0642. The van der Waals surface area contributed by atoms with Crippen LogP contribution in [0.5, 0.6) is 0 Å². The molecule has 6 nitrogen and oxygen atoms in total. The van der Waals surface area contributed by atoms with Gasteiger partial charge in [0.25, 0.3) is 5.91 Å². The molecule has 0 spiro atoms. The highest BCUT2D eigenvalue weighted by atomic mass is 19.4. The van der Waals surface area contributed by atoms with E-state index in [2.05, 4.69) is 10.4 Å². The Morgan fingerprint density at radius 2 is 2.04 bits per heavy atom. The number of carbonyl (C=O) groups excluding carboxylic acids is 1. The highest BCUT2D eigenvalue weighted by Gasteiger charge is 2.37. The monoisotopic (exact) mass is 332 g/mol. The molecule has 0 aliphatic carbocycles. The maximum absolute atomic E-state index is 13.0. The van der Waals surface area contributed by atoms with Gasteiger partial charge in [-0.2, -0.15) is 13.2 Å². The van der Waals surface area contributed by atoms with Gasteiger partial charge in [-0.05, 0) is 18.2 Å². The van der Waals surface area contributed by atoms with Gasteiger partial charge >= 0.3 is 11.9 Å². The smallest absolute Gasteiger partial charge is 0.350 e. The first-order chi connectivity index (χ1) is 10.7. The SMILES string of the molecule is Cn1c(C(F)(F)F)nn(CCNC(=O)c2cccc(F)c2)c1=O. The zero-order valence-corrected chi connectivity index (χ0v) is 11.9. The van der Waals surface area contributed by atoms with Crippen LogP contribution in [0.4, 0.5) is 17.6 Å². The number of amides is 1. The zero-order chi connectivity index (χ0) is 17.2. The molecule has 0 aliphatic rings. The third kappa shape index (κ3) is 3.76. The number of carbonyl (C=O) groups is 1. The first kappa shape index (κ1) is 16.7. The van der Waals surface area contributed by atoms with Gasteiger partial charge < -0.3 is 5.32 Å². The molecule has 1 amide bonds. The first-order valence-corrected chi connectivity index (χ1v) is 6.45. The zero-order valence-electron chi connectivity index (χ0n) is 11.9. The molecule has 124 valence electrons. The van der Waals surface area contributed by atoms with Gasteiger partial charge in [0, 0.05) is 19.2 Å². The molecule has 1 aromatic heterocycles. The van der Waals surface area contributed by atoms with Crippen molar-refractivity contribution in [3.05, 3.63) is 52.0 Å². The van der Waals surface area contributed by atoms with Crippen molar-refractivity contribution in [2.45, 2.75) is 12.7 Å². The van der Waals surface area contributed by atoms with Gasteiger partial charge in [-0.3, -0.25) is 9.36 Å². The average molecular weight is 332 g/mol. The molecule has 23 heavy (non-hydrogen) atoms. The minimum Gasteiger partial charge on any atom is -0.350 e. The number of rotatable bonds is 4. The van der Waals surface area contributed by atoms with E-state index in [9.17, 15) is 27.2 Å². The Labute approximate surface area is 127 Å². The second kappa shape index (κ2) is 6.23. The van der Waals surface area contributed by atoms with Crippen molar-refractivity contribution >= 4 is 5.91 Å². The second-order valence-electron chi connectivity index (χ2n) is 4.65. The van der Waals surface area contributed by atoms with Gasteiger partial charge in [0.1, 0.15) is 5.82 Å². The summed E-state index contributed by atoms with van der Waals surface area (Å²) in [5.41, 5.74) is -0.883. The van der Waals surface area contributed by atoms with Crippen LogP contribution in [0.25, 0.3) is 0 Å². The molecule has 2 aromatic rings. The van der Waals surface area contributed by atoms with Gasteiger partial charge in [-0.25, -0.2) is 13.9 Å². The molecule has 1 N–H and O–H groups in total. The Hall–Kier alpha value is -2.65. The lowest BCUT2D eigenvalue weighted by atomic mass is 10.2. The molecule has 0 saturated heterocycles. The summed E-state index contributed by atoms with van der Waals surface area (Å²) in [7, 11) is 0.958. The van der Waals surface area contributed by atoms with Gasteiger partial charge in [0.05, 0.1) is 6.54 Å². The fourth-order valence-corrected chi connectivity index (χ4v) is 1.89. The van der Waals surface area contributed by atoms with E-state index in [4.69, 9.17) is 0 Å². The molecule has 1 heterocycles. The average Bonchev–Trinajstić information content (AvgIpc) is 2.75. The number of nitrogens with zero attached hydrogens (tertiary/aromatic N) is 3. The van der Waals surface area contributed by atoms with Crippen LogP contribution in [-0.2, 0) is 19.8 Å². The van der Waals surface area contributed by atoms with Crippen molar-refractivity contribution in [2.75, 3.05) is 6.54 Å². The van der Waals surface area contributed by atoms with Crippen molar-refractivity contribution in [3.63, 3.8) is 0 Å².